The molecule has 0 saturated heterocycles. The summed E-state index contributed by atoms with van der Waals surface area (Å²) in [6.07, 6.45) is 3.62. The summed E-state index contributed by atoms with van der Waals surface area (Å²) >= 11 is 0. The minimum Gasteiger partial charge on any atom is -0.493 e. The number of aromatic nitrogens is 1. The normalized spacial score (nSPS) is 13.2. The van der Waals surface area contributed by atoms with Gasteiger partial charge >= 0.3 is 0 Å². The molecule has 1 amide bonds. The highest BCUT2D eigenvalue weighted by atomic mass is 16.5. The number of anilines is 1. The van der Waals surface area contributed by atoms with E-state index in [2.05, 4.69) is 24.1 Å². The molecule has 1 aliphatic heterocycles. The summed E-state index contributed by atoms with van der Waals surface area (Å²) in [5, 5.41) is 3.34. The van der Waals surface area contributed by atoms with E-state index in [0.717, 1.165) is 36.4 Å². The summed E-state index contributed by atoms with van der Waals surface area (Å²) in [6, 6.07) is 7.69. The first-order valence-corrected chi connectivity index (χ1v) is 9.74. The van der Waals surface area contributed by atoms with Crippen molar-refractivity contribution in [3.63, 3.8) is 0 Å². The maximum atomic E-state index is 12.9. The third kappa shape index (κ3) is 4.55. The Kier molecular flexibility index (Phi) is 6.39. The Hall–Kier alpha value is -2.76. The van der Waals surface area contributed by atoms with Crippen LogP contribution in [0.5, 0.6) is 11.5 Å². The van der Waals surface area contributed by atoms with Crippen LogP contribution in [0, 0.1) is 5.92 Å². The number of benzene rings is 1. The Morgan fingerprint density at radius 2 is 1.89 bits per heavy atom. The monoisotopic (exact) mass is 383 g/mol. The highest BCUT2D eigenvalue weighted by Crippen LogP contribution is 2.33. The molecule has 1 aromatic carbocycles. The summed E-state index contributed by atoms with van der Waals surface area (Å²) in [6.45, 7) is 6.51. The van der Waals surface area contributed by atoms with Crippen LogP contribution >= 0.6 is 0 Å². The molecule has 0 saturated carbocycles. The lowest BCUT2D eigenvalue weighted by atomic mass is 9.98. The molecule has 150 valence electrons. The Morgan fingerprint density at radius 3 is 2.50 bits per heavy atom. The summed E-state index contributed by atoms with van der Waals surface area (Å²) in [4.78, 5) is 19.1. The fraction of sp³-hybridized carbons (Fsp3) is 0.455. The number of fused-ring (bicyclic) bond motifs is 1. The van der Waals surface area contributed by atoms with E-state index in [9.17, 15) is 4.79 Å². The van der Waals surface area contributed by atoms with Crippen molar-refractivity contribution in [1.82, 2.24) is 9.88 Å². The van der Waals surface area contributed by atoms with Gasteiger partial charge in [-0.1, -0.05) is 13.8 Å². The third-order valence-corrected chi connectivity index (χ3v) is 5.04. The standard InChI is InChI=1S/C22H29N3O3/c1-15(2)7-9-23-18-5-6-19(24-13-18)22(26)25-10-8-16-11-20(27-3)21(28-4)12-17(16)14-25/h5-6,11-13,15,23H,7-10,14H2,1-4H3. The van der Waals surface area contributed by atoms with Crippen LogP contribution in [-0.4, -0.2) is 43.1 Å². The molecule has 0 unspecified atom stereocenters. The largest absolute Gasteiger partial charge is 0.493 e. The molecule has 0 fully saturated rings. The van der Waals surface area contributed by atoms with Crippen LogP contribution in [0.4, 0.5) is 5.69 Å². The van der Waals surface area contributed by atoms with Gasteiger partial charge in [0.15, 0.2) is 11.5 Å². The minimum absolute atomic E-state index is 0.0471. The lowest BCUT2D eigenvalue weighted by Gasteiger charge is -2.29. The van der Waals surface area contributed by atoms with Gasteiger partial charge in [-0.3, -0.25) is 4.79 Å². The summed E-state index contributed by atoms with van der Waals surface area (Å²) in [5.74, 6) is 2.02. The first-order valence-electron chi connectivity index (χ1n) is 9.74. The molecule has 0 atom stereocenters. The Balaban J connectivity index is 1.67. The van der Waals surface area contributed by atoms with Gasteiger partial charge in [0.2, 0.25) is 0 Å². The van der Waals surface area contributed by atoms with E-state index < -0.39 is 0 Å². The Bertz CT molecular complexity index is 819. The molecule has 28 heavy (non-hydrogen) atoms. The van der Waals surface area contributed by atoms with Crippen LogP contribution in [0.25, 0.3) is 0 Å². The number of methoxy groups -OCH3 is 2. The molecular formula is C22H29N3O3. The molecule has 3 rings (SSSR count). The second-order valence-electron chi connectivity index (χ2n) is 7.49. The number of nitrogens with one attached hydrogen (secondary N) is 1. The van der Waals surface area contributed by atoms with E-state index in [1.807, 2.05) is 23.1 Å². The van der Waals surface area contributed by atoms with Gasteiger partial charge in [0.1, 0.15) is 5.69 Å². The highest BCUT2D eigenvalue weighted by Gasteiger charge is 2.24. The van der Waals surface area contributed by atoms with E-state index in [0.29, 0.717) is 30.5 Å². The molecule has 2 aromatic rings. The van der Waals surface area contributed by atoms with E-state index in [1.54, 1.807) is 26.5 Å². The first kappa shape index (κ1) is 20.0. The number of amides is 1. The zero-order valence-electron chi connectivity index (χ0n) is 17.1. The fourth-order valence-electron chi connectivity index (χ4n) is 3.35. The number of carbonyl (C=O) groups is 1. The molecule has 0 radical (unpaired) electrons. The number of rotatable bonds is 7. The molecule has 0 spiro atoms. The molecule has 0 bridgehead atoms. The van der Waals surface area contributed by atoms with Crippen LogP contribution in [0.1, 0.15) is 41.9 Å². The van der Waals surface area contributed by atoms with Gasteiger partial charge in [0.05, 0.1) is 26.1 Å². The average molecular weight is 383 g/mol. The Labute approximate surface area is 166 Å². The molecule has 2 heterocycles. The predicted octanol–water partition coefficient (Wildman–Crippen LogP) is 3.76. The van der Waals surface area contributed by atoms with Crippen molar-refractivity contribution in [2.24, 2.45) is 5.92 Å². The lowest BCUT2D eigenvalue weighted by Crippen LogP contribution is -2.36. The van der Waals surface area contributed by atoms with Gasteiger partial charge in [-0.15, -0.1) is 0 Å². The van der Waals surface area contributed by atoms with Gasteiger partial charge in [-0.05, 0) is 54.2 Å². The lowest BCUT2D eigenvalue weighted by molar-refractivity contribution is 0.0728. The molecule has 1 N–H and O–H groups in total. The maximum absolute atomic E-state index is 12.9. The SMILES string of the molecule is COc1cc2c(cc1OC)CN(C(=O)c1ccc(NCCC(C)C)cn1)CC2. The van der Waals surface area contributed by atoms with Crippen molar-refractivity contribution in [3.05, 3.63) is 47.3 Å². The van der Waals surface area contributed by atoms with Crippen molar-refractivity contribution < 1.29 is 14.3 Å². The van der Waals surface area contributed by atoms with E-state index in [-0.39, 0.29) is 5.91 Å². The Morgan fingerprint density at radius 1 is 1.18 bits per heavy atom. The molecule has 1 aromatic heterocycles. The summed E-state index contributed by atoms with van der Waals surface area (Å²) in [5.41, 5.74) is 3.69. The number of nitrogens with zero attached hydrogens (tertiary/aromatic N) is 2. The van der Waals surface area contributed by atoms with Crippen LogP contribution in [0.15, 0.2) is 30.5 Å². The van der Waals surface area contributed by atoms with Gasteiger partial charge in [0, 0.05) is 19.6 Å². The van der Waals surface area contributed by atoms with Crippen molar-refractivity contribution in [2.45, 2.75) is 33.2 Å². The number of hydrogen-bond acceptors (Lipinski definition) is 5. The predicted molar refractivity (Wildman–Crippen MR) is 110 cm³/mol. The molecule has 6 nitrogen and oxygen atoms in total. The van der Waals surface area contributed by atoms with Gasteiger partial charge < -0.3 is 19.7 Å². The van der Waals surface area contributed by atoms with Gasteiger partial charge in [-0.25, -0.2) is 4.98 Å². The summed E-state index contributed by atoms with van der Waals surface area (Å²) in [7, 11) is 3.26. The zero-order chi connectivity index (χ0) is 20.1. The van der Waals surface area contributed by atoms with E-state index in [4.69, 9.17) is 9.47 Å². The van der Waals surface area contributed by atoms with Gasteiger partial charge in [-0.2, -0.15) is 0 Å². The zero-order valence-corrected chi connectivity index (χ0v) is 17.1. The number of hydrogen-bond donors (Lipinski definition) is 1. The second kappa shape index (κ2) is 8.95. The maximum Gasteiger partial charge on any atom is 0.272 e. The van der Waals surface area contributed by atoms with Crippen LogP contribution < -0.4 is 14.8 Å². The van der Waals surface area contributed by atoms with Crippen molar-refractivity contribution in [1.29, 1.82) is 0 Å². The number of carbonyl (C=O) groups excluding carboxylic acids is 1. The van der Waals surface area contributed by atoms with Crippen LogP contribution in [-0.2, 0) is 13.0 Å². The highest BCUT2D eigenvalue weighted by molar-refractivity contribution is 5.92. The van der Waals surface area contributed by atoms with E-state index >= 15 is 0 Å². The number of pyridine rings is 1. The van der Waals surface area contributed by atoms with Crippen LogP contribution in [0.3, 0.4) is 0 Å². The topological polar surface area (TPSA) is 63.7 Å². The second-order valence-corrected chi connectivity index (χ2v) is 7.49. The molecular weight excluding hydrogens is 354 g/mol. The quantitative estimate of drug-likeness (QED) is 0.789. The number of ether oxygens (including phenoxy) is 2. The average Bonchev–Trinajstić information content (AvgIpc) is 2.72. The molecule has 0 aliphatic carbocycles. The van der Waals surface area contributed by atoms with Crippen molar-refractivity contribution in [2.75, 3.05) is 32.6 Å². The van der Waals surface area contributed by atoms with Crippen LogP contribution in [0.2, 0.25) is 0 Å². The van der Waals surface area contributed by atoms with Crippen molar-refractivity contribution in [3.8, 4) is 11.5 Å². The summed E-state index contributed by atoms with van der Waals surface area (Å²) < 4.78 is 10.8. The molecule has 6 heteroatoms. The fourth-order valence-corrected chi connectivity index (χ4v) is 3.35. The molecule has 1 aliphatic rings. The van der Waals surface area contributed by atoms with Crippen molar-refractivity contribution >= 4 is 11.6 Å². The minimum atomic E-state index is -0.0471. The smallest absolute Gasteiger partial charge is 0.272 e. The van der Waals surface area contributed by atoms with E-state index in [1.165, 1.54) is 5.56 Å². The van der Waals surface area contributed by atoms with Gasteiger partial charge in [0.25, 0.3) is 5.91 Å². The third-order valence-electron chi connectivity index (χ3n) is 5.04. The first-order chi connectivity index (χ1) is 13.5.